The predicted molar refractivity (Wildman–Crippen MR) is 75.2 cm³/mol. The van der Waals surface area contributed by atoms with Crippen LogP contribution in [-0.4, -0.2) is 4.98 Å². The van der Waals surface area contributed by atoms with E-state index in [1.165, 1.54) is 0 Å². The van der Waals surface area contributed by atoms with Crippen LogP contribution in [0.15, 0.2) is 55.4 Å². The fraction of sp³-hybridized carbons (Fsp3) is 0. The van der Waals surface area contributed by atoms with E-state index in [-0.39, 0.29) is 0 Å². The van der Waals surface area contributed by atoms with Crippen LogP contribution in [0, 0.1) is 0 Å². The summed E-state index contributed by atoms with van der Waals surface area (Å²) < 4.78 is 1.93. The van der Waals surface area contributed by atoms with Gasteiger partial charge >= 0.3 is 0 Å². The first-order valence-electron chi connectivity index (χ1n) is 4.39. The summed E-state index contributed by atoms with van der Waals surface area (Å²) in [6, 6.07) is 9.87. The lowest BCUT2D eigenvalue weighted by atomic mass is 10.4. The minimum Gasteiger partial charge on any atom is -0.247 e. The number of benzene rings is 1. The van der Waals surface area contributed by atoms with Gasteiger partial charge in [0, 0.05) is 20.0 Å². The number of aromatic nitrogens is 1. The minimum absolute atomic E-state index is 0.652. The van der Waals surface area contributed by atoms with E-state index in [0.717, 1.165) is 18.9 Å². The summed E-state index contributed by atoms with van der Waals surface area (Å²) in [4.78, 5) is 5.37. The maximum atomic E-state index is 6.09. The molecule has 1 nitrogen and oxygen atoms in total. The Morgan fingerprint density at radius 1 is 1.12 bits per heavy atom. The zero-order valence-corrected chi connectivity index (χ0v) is 12.7. The Balaban J connectivity index is 2.27. The Morgan fingerprint density at radius 2 is 1.94 bits per heavy atom. The van der Waals surface area contributed by atoms with Gasteiger partial charge in [-0.3, -0.25) is 0 Å². The molecule has 2 rings (SSSR count). The first-order valence-corrected chi connectivity index (χ1v) is 7.17. The van der Waals surface area contributed by atoms with Crippen molar-refractivity contribution in [3.05, 3.63) is 50.5 Å². The van der Waals surface area contributed by atoms with E-state index in [1.54, 1.807) is 18.0 Å². The lowest BCUT2D eigenvalue weighted by Crippen LogP contribution is -1.81. The molecule has 0 atom stereocenters. The van der Waals surface area contributed by atoms with Crippen LogP contribution in [0.1, 0.15) is 0 Å². The Kier molecular flexibility index (Phi) is 4.30. The van der Waals surface area contributed by atoms with Crippen LogP contribution >= 0.6 is 55.2 Å². The van der Waals surface area contributed by atoms with E-state index in [9.17, 15) is 0 Å². The first-order chi connectivity index (χ1) is 7.65. The van der Waals surface area contributed by atoms with Gasteiger partial charge in [0.15, 0.2) is 0 Å². The predicted octanol–water partition coefficient (Wildman–Crippen LogP) is 5.41. The fourth-order valence-corrected chi connectivity index (χ4v) is 3.23. The topological polar surface area (TPSA) is 12.9 Å². The average molecular weight is 380 g/mol. The molecule has 0 radical (unpaired) electrons. The Hall–Kier alpha value is -0.0300. The normalized spacial score (nSPS) is 10.4. The van der Waals surface area contributed by atoms with Crippen LogP contribution in [0.4, 0.5) is 0 Å². The summed E-state index contributed by atoms with van der Waals surface area (Å²) in [5.41, 5.74) is 0. The standard InChI is InChI=1S/C11H6Br2ClNS/c12-7-2-1-3-9(4-7)16-11-10(14)5-8(13)6-15-11/h1-6H. The number of rotatable bonds is 2. The fourth-order valence-electron chi connectivity index (χ4n) is 1.12. The highest BCUT2D eigenvalue weighted by Gasteiger charge is 2.05. The van der Waals surface area contributed by atoms with Crippen molar-refractivity contribution in [2.24, 2.45) is 0 Å². The Morgan fingerprint density at radius 3 is 2.62 bits per heavy atom. The van der Waals surface area contributed by atoms with Gasteiger partial charge < -0.3 is 0 Å². The lowest BCUT2D eigenvalue weighted by Gasteiger charge is -2.03. The van der Waals surface area contributed by atoms with Crippen LogP contribution in [0.5, 0.6) is 0 Å². The molecule has 0 N–H and O–H groups in total. The van der Waals surface area contributed by atoms with Gasteiger partial charge in [0.2, 0.25) is 0 Å². The molecular weight excluding hydrogens is 373 g/mol. The van der Waals surface area contributed by atoms with E-state index in [0.29, 0.717) is 5.02 Å². The monoisotopic (exact) mass is 377 g/mol. The van der Waals surface area contributed by atoms with Gasteiger partial charge in [-0.15, -0.1) is 0 Å². The summed E-state index contributed by atoms with van der Waals surface area (Å²) in [5.74, 6) is 0. The van der Waals surface area contributed by atoms with Crippen LogP contribution in [-0.2, 0) is 0 Å². The van der Waals surface area contributed by atoms with Crippen LogP contribution in [0.2, 0.25) is 5.02 Å². The van der Waals surface area contributed by atoms with Crippen molar-refractivity contribution in [1.29, 1.82) is 0 Å². The molecule has 1 aromatic carbocycles. The molecule has 1 aromatic heterocycles. The number of nitrogens with zero attached hydrogens (tertiary/aromatic N) is 1. The molecule has 16 heavy (non-hydrogen) atoms. The maximum absolute atomic E-state index is 6.09. The molecule has 0 unspecified atom stereocenters. The van der Waals surface area contributed by atoms with Crippen molar-refractivity contribution in [3.63, 3.8) is 0 Å². The lowest BCUT2D eigenvalue weighted by molar-refractivity contribution is 1.12. The summed E-state index contributed by atoms with van der Waals surface area (Å²) in [6.07, 6.45) is 1.74. The van der Waals surface area contributed by atoms with Crippen molar-refractivity contribution in [3.8, 4) is 0 Å². The second kappa shape index (κ2) is 5.54. The van der Waals surface area contributed by atoms with E-state index in [4.69, 9.17) is 11.6 Å². The number of hydrogen-bond acceptors (Lipinski definition) is 2. The molecule has 0 aliphatic heterocycles. The third-order valence-corrected chi connectivity index (χ3v) is 4.12. The summed E-state index contributed by atoms with van der Waals surface area (Å²) >= 11 is 14.4. The summed E-state index contributed by atoms with van der Waals surface area (Å²) in [7, 11) is 0. The molecule has 0 bridgehead atoms. The molecule has 0 amide bonds. The van der Waals surface area contributed by atoms with Gasteiger partial charge in [0.05, 0.1) is 5.02 Å². The van der Waals surface area contributed by atoms with Crippen LogP contribution in [0.3, 0.4) is 0 Å². The summed E-state index contributed by atoms with van der Waals surface area (Å²) in [6.45, 7) is 0. The second-order valence-corrected chi connectivity index (χ2v) is 6.30. The highest BCUT2D eigenvalue weighted by Crippen LogP contribution is 2.33. The van der Waals surface area contributed by atoms with E-state index < -0.39 is 0 Å². The van der Waals surface area contributed by atoms with Gasteiger partial charge in [0.1, 0.15) is 5.03 Å². The van der Waals surface area contributed by atoms with Crippen molar-refractivity contribution >= 4 is 55.2 Å². The van der Waals surface area contributed by atoms with Crippen LogP contribution in [0.25, 0.3) is 0 Å². The molecular formula is C11H6Br2ClNS. The molecule has 82 valence electrons. The van der Waals surface area contributed by atoms with E-state index in [1.807, 2.05) is 30.3 Å². The summed E-state index contributed by atoms with van der Waals surface area (Å²) in [5, 5.41) is 1.46. The van der Waals surface area contributed by atoms with E-state index >= 15 is 0 Å². The molecule has 0 aliphatic carbocycles. The molecule has 0 saturated heterocycles. The first kappa shape index (κ1) is 12.4. The van der Waals surface area contributed by atoms with Crippen molar-refractivity contribution in [2.75, 3.05) is 0 Å². The molecule has 0 aliphatic rings. The zero-order chi connectivity index (χ0) is 11.5. The quantitative estimate of drug-likeness (QED) is 0.692. The minimum atomic E-state index is 0.652. The number of halogens is 3. The van der Waals surface area contributed by atoms with Crippen molar-refractivity contribution in [2.45, 2.75) is 9.92 Å². The largest absolute Gasteiger partial charge is 0.247 e. The van der Waals surface area contributed by atoms with Crippen molar-refractivity contribution in [1.82, 2.24) is 4.98 Å². The highest BCUT2D eigenvalue weighted by atomic mass is 79.9. The maximum Gasteiger partial charge on any atom is 0.119 e. The van der Waals surface area contributed by atoms with Gasteiger partial charge in [-0.05, 0) is 40.2 Å². The van der Waals surface area contributed by atoms with Crippen molar-refractivity contribution < 1.29 is 0 Å². The zero-order valence-electron chi connectivity index (χ0n) is 7.95. The SMILES string of the molecule is Clc1cc(Br)cnc1Sc1cccc(Br)c1. The molecule has 1 heterocycles. The Labute approximate surface area is 120 Å². The third-order valence-electron chi connectivity index (χ3n) is 1.78. The Bertz CT molecular complexity index is 519. The second-order valence-electron chi connectivity index (χ2n) is 3.00. The van der Waals surface area contributed by atoms with Gasteiger partial charge in [-0.25, -0.2) is 4.98 Å². The van der Waals surface area contributed by atoms with Gasteiger partial charge in [0.25, 0.3) is 0 Å². The average Bonchev–Trinajstić information content (AvgIpc) is 2.22. The number of pyridine rings is 1. The molecule has 5 heteroatoms. The molecule has 2 aromatic rings. The smallest absolute Gasteiger partial charge is 0.119 e. The third kappa shape index (κ3) is 3.23. The molecule has 0 saturated carbocycles. The highest BCUT2D eigenvalue weighted by molar-refractivity contribution is 9.10. The van der Waals surface area contributed by atoms with E-state index in [2.05, 4.69) is 36.8 Å². The molecule has 0 fully saturated rings. The number of hydrogen-bond donors (Lipinski definition) is 0. The van der Waals surface area contributed by atoms with Crippen LogP contribution < -0.4 is 0 Å². The van der Waals surface area contributed by atoms with Gasteiger partial charge in [-0.1, -0.05) is 45.4 Å². The van der Waals surface area contributed by atoms with Gasteiger partial charge in [-0.2, -0.15) is 0 Å². The molecule has 0 spiro atoms.